The van der Waals surface area contributed by atoms with E-state index in [9.17, 15) is 13.2 Å². The number of hydrogen-bond donors (Lipinski definition) is 1. The first-order valence-corrected chi connectivity index (χ1v) is 10.4. The molecule has 0 saturated heterocycles. The van der Waals surface area contributed by atoms with Crippen LogP contribution in [0.1, 0.15) is 33.1 Å². The third-order valence-electron chi connectivity index (χ3n) is 6.60. The lowest BCUT2D eigenvalue weighted by Gasteiger charge is -2.36. The molecular formula is C20H23NO3S. The molecule has 2 saturated carbocycles. The Morgan fingerprint density at radius 3 is 2.48 bits per heavy atom. The van der Waals surface area contributed by atoms with E-state index >= 15 is 0 Å². The monoisotopic (exact) mass is 357 g/mol. The first kappa shape index (κ1) is 16.6. The number of nitrogens with one attached hydrogen (secondary N) is 1. The Bertz CT molecular complexity index is 964. The maximum Gasteiger partial charge on any atom is 0.233 e. The number of Topliss-reactive ketones (excluding diaryl/α,β-unsaturated/α-hetero) is 1. The zero-order valence-electron chi connectivity index (χ0n) is 14.6. The van der Waals surface area contributed by atoms with Gasteiger partial charge in [-0.25, -0.2) is 8.42 Å². The van der Waals surface area contributed by atoms with Gasteiger partial charge in [0.15, 0.2) is 0 Å². The fourth-order valence-electron chi connectivity index (χ4n) is 4.90. The highest BCUT2D eigenvalue weighted by atomic mass is 32.2. The van der Waals surface area contributed by atoms with Gasteiger partial charge in [0, 0.05) is 12.1 Å². The van der Waals surface area contributed by atoms with Crippen molar-refractivity contribution in [3.8, 4) is 0 Å². The summed E-state index contributed by atoms with van der Waals surface area (Å²) < 4.78 is 28.4. The molecule has 4 rings (SSSR count). The van der Waals surface area contributed by atoms with E-state index in [2.05, 4.69) is 18.6 Å². The van der Waals surface area contributed by atoms with Crippen molar-refractivity contribution in [2.75, 3.05) is 10.5 Å². The fourth-order valence-corrected chi connectivity index (χ4v) is 6.79. The standard InChI is InChI=1S/C20H23NO3S/c1-19(2)16-9-10-20(19,18(22)12-16)13-25(23,24)21-17-8-7-14-5-3-4-6-15(14)11-17/h3-8,11,16,21H,9-10,12-13H2,1-2H3/t16-,20-/m1/s1. The van der Waals surface area contributed by atoms with Crippen LogP contribution in [-0.2, 0) is 14.8 Å². The van der Waals surface area contributed by atoms with Crippen molar-refractivity contribution in [3.05, 3.63) is 42.5 Å². The predicted molar refractivity (Wildman–Crippen MR) is 99.9 cm³/mol. The first-order chi connectivity index (χ1) is 11.7. The summed E-state index contributed by atoms with van der Waals surface area (Å²) in [6.45, 7) is 4.11. The molecule has 2 aromatic carbocycles. The van der Waals surface area contributed by atoms with Gasteiger partial charge in [0.2, 0.25) is 10.0 Å². The molecule has 1 N–H and O–H groups in total. The highest BCUT2D eigenvalue weighted by molar-refractivity contribution is 7.92. The van der Waals surface area contributed by atoms with Gasteiger partial charge in [-0.3, -0.25) is 9.52 Å². The average molecular weight is 357 g/mol. The molecule has 2 fully saturated rings. The summed E-state index contributed by atoms with van der Waals surface area (Å²) in [7, 11) is -3.61. The third kappa shape index (κ3) is 2.48. The number of carbonyl (C=O) groups excluding carboxylic acids is 1. The second kappa shape index (κ2) is 5.31. The van der Waals surface area contributed by atoms with Crippen LogP contribution in [0.4, 0.5) is 5.69 Å². The second-order valence-corrected chi connectivity index (χ2v) is 9.81. The second-order valence-electron chi connectivity index (χ2n) is 8.09. The van der Waals surface area contributed by atoms with E-state index < -0.39 is 15.4 Å². The molecule has 2 aliphatic rings. The summed E-state index contributed by atoms with van der Waals surface area (Å²) in [6, 6.07) is 13.3. The number of carbonyl (C=O) groups is 1. The van der Waals surface area contributed by atoms with Crippen LogP contribution < -0.4 is 4.72 Å². The van der Waals surface area contributed by atoms with Crippen molar-refractivity contribution in [1.29, 1.82) is 0 Å². The van der Waals surface area contributed by atoms with Gasteiger partial charge in [-0.15, -0.1) is 0 Å². The van der Waals surface area contributed by atoms with E-state index in [1.54, 1.807) is 6.07 Å². The Morgan fingerprint density at radius 2 is 1.84 bits per heavy atom. The van der Waals surface area contributed by atoms with Crippen LogP contribution in [0.5, 0.6) is 0 Å². The van der Waals surface area contributed by atoms with Crippen LogP contribution in [0.25, 0.3) is 10.8 Å². The lowest BCUT2D eigenvalue weighted by atomic mass is 9.70. The Kier molecular flexibility index (Phi) is 3.52. The van der Waals surface area contributed by atoms with Crippen LogP contribution in [0.3, 0.4) is 0 Å². The smallest absolute Gasteiger partial charge is 0.233 e. The van der Waals surface area contributed by atoms with Crippen LogP contribution in [0.15, 0.2) is 42.5 Å². The minimum atomic E-state index is -3.61. The van der Waals surface area contributed by atoms with E-state index in [-0.39, 0.29) is 17.0 Å². The largest absolute Gasteiger partial charge is 0.299 e. The van der Waals surface area contributed by atoms with Crippen LogP contribution in [-0.4, -0.2) is 20.0 Å². The topological polar surface area (TPSA) is 63.2 Å². The molecule has 25 heavy (non-hydrogen) atoms. The predicted octanol–water partition coefficient (Wildman–Crippen LogP) is 3.98. The number of sulfonamides is 1. The molecule has 132 valence electrons. The first-order valence-electron chi connectivity index (χ1n) is 8.76. The number of rotatable bonds is 4. The number of anilines is 1. The van der Waals surface area contributed by atoms with Gasteiger partial charge in [0.1, 0.15) is 5.78 Å². The normalized spacial score (nSPS) is 27.8. The van der Waals surface area contributed by atoms with Gasteiger partial charge < -0.3 is 0 Å². The quantitative estimate of drug-likeness (QED) is 0.900. The minimum Gasteiger partial charge on any atom is -0.299 e. The van der Waals surface area contributed by atoms with E-state index in [1.165, 1.54) is 0 Å². The molecule has 0 aliphatic heterocycles. The molecular weight excluding hydrogens is 334 g/mol. The summed E-state index contributed by atoms with van der Waals surface area (Å²) in [5.74, 6) is 0.323. The van der Waals surface area contributed by atoms with Crippen molar-refractivity contribution < 1.29 is 13.2 Å². The number of ketones is 1. The highest BCUT2D eigenvalue weighted by Gasteiger charge is 2.65. The molecule has 0 spiro atoms. The fraction of sp³-hybridized carbons (Fsp3) is 0.450. The van der Waals surface area contributed by atoms with E-state index in [1.807, 2.05) is 36.4 Å². The molecule has 0 amide bonds. The van der Waals surface area contributed by atoms with Crippen molar-refractivity contribution >= 4 is 32.3 Å². The van der Waals surface area contributed by atoms with Gasteiger partial charge in [-0.2, -0.15) is 0 Å². The molecule has 2 atom stereocenters. The third-order valence-corrected chi connectivity index (χ3v) is 8.02. The number of hydrogen-bond acceptors (Lipinski definition) is 3. The molecule has 4 nitrogen and oxygen atoms in total. The molecule has 0 heterocycles. The molecule has 2 aromatic rings. The molecule has 0 unspecified atom stereocenters. The summed E-state index contributed by atoms with van der Waals surface area (Å²) in [6.07, 6.45) is 2.16. The highest BCUT2D eigenvalue weighted by Crippen LogP contribution is 2.64. The minimum absolute atomic E-state index is 0.116. The molecule has 2 bridgehead atoms. The summed E-state index contributed by atoms with van der Waals surface area (Å²) in [4.78, 5) is 12.6. The van der Waals surface area contributed by atoms with E-state index in [4.69, 9.17) is 0 Å². The molecule has 0 aromatic heterocycles. The Morgan fingerprint density at radius 1 is 1.12 bits per heavy atom. The lowest BCUT2D eigenvalue weighted by molar-refractivity contribution is -0.128. The average Bonchev–Trinajstić information content (AvgIpc) is 2.88. The Balaban J connectivity index is 1.62. The van der Waals surface area contributed by atoms with Crippen LogP contribution in [0.2, 0.25) is 0 Å². The number of fused-ring (bicyclic) bond motifs is 3. The van der Waals surface area contributed by atoms with Gasteiger partial charge in [-0.05, 0) is 47.1 Å². The van der Waals surface area contributed by atoms with Crippen molar-refractivity contribution in [3.63, 3.8) is 0 Å². The van der Waals surface area contributed by atoms with Crippen molar-refractivity contribution in [2.24, 2.45) is 16.7 Å². The molecule has 2 aliphatic carbocycles. The van der Waals surface area contributed by atoms with Gasteiger partial charge in [-0.1, -0.05) is 44.2 Å². The van der Waals surface area contributed by atoms with E-state index in [0.29, 0.717) is 24.4 Å². The molecule has 0 radical (unpaired) electrons. The van der Waals surface area contributed by atoms with Crippen molar-refractivity contribution in [2.45, 2.75) is 33.1 Å². The van der Waals surface area contributed by atoms with Crippen LogP contribution >= 0.6 is 0 Å². The van der Waals surface area contributed by atoms with Crippen molar-refractivity contribution in [1.82, 2.24) is 0 Å². The summed E-state index contributed by atoms with van der Waals surface area (Å²) >= 11 is 0. The zero-order chi connectivity index (χ0) is 17.9. The maximum atomic E-state index is 12.8. The Labute approximate surface area is 148 Å². The molecule has 5 heteroatoms. The number of benzene rings is 2. The van der Waals surface area contributed by atoms with Gasteiger partial charge in [0.25, 0.3) is 0 Å². The van der Waals surface area contributed by atoms with Crippen LogP contribution in [0, 0.1) is 16.7 Å². The maximum absolute atomic E-state index is 12.8. The lowest BCUT2D eigenvalue weighted by Crippen LogP contribution is -2.43. The SMILES string of the molecule is CC1(C)[C@@H]2CC[C@@]1(CS(=O)(=O)Nc1ccc3ccccc3c1)C(=O)C2. The summed E-state index contributed by atoms with van der Waals surface area (Å²) in [5.41, 5.74) is -0.435. The zero-order valence-corrected chi connectivity index (χ0v) is 15.4. The summed E-state index contributed by atoms with van der Waals surface area (Å²) in [5, 5.41) is 2.05. The van der Waals surface area contributed by atoms with E-state index in [0.717, 1.165) is 17.2 Å². The Hall–Kier alpha value is -1.88. The van der Waals surface area contributed by atoms with Gasteiger partial charge >= 0.3 is 0 Å². The van der Waals surface area contributed by atoms with Gasteiger partial charge in [0.05, 0.1) is 11.2 Å².